The van der Waals surface area contributed by atoms with Gasteiger partial charge in [-0.2, -0.15) is 0 Å². The average molecular weight is 399 g/mol. The second kappa shape index (κ2) is 7.98. The molecule has 0 fully saturated rings. The van der Waals surface area contributed by atoms with Crippen molar-refractivity contribution >= 4 is 39.1 Å². The Morgan fingerprint density at radius 2 is 2.00 bits per heavy atom. The zero-order valence-corrected chi connectivity index (χ0v) is 17.0. The van der Waals surface area contributed by atoms with E-state index in [1.165, 1.54) is 16.9 Å². The van der Waals surface area contributed by atoms with Crippen LogP contribution in [0.4, 0.5) is 0 Å². The highest BCUT2D eigenvalue weighted by atomic mass is 32.2. The predicted octanol–water partition coefficient (Wildman–Crippen LogP) is 4.63. The van der Waals surface area contributed by atoms with E-state index in [-0.39, 0.29) is 11.3 Å². The van der Waals surface area contributed by atoms with Gasteiger partial charge in [-0.3, -0.25) is 14.2 Å². The molecule has 2 aromatic heterocycles. The maximum Gasteiger partial charge on any atom is 0.262 e. The Bertz CT molecular complexity index is 1040. The molecule has 6 heteroatoms. The minimum Gasteiger partial charge on any atom is -0.294 e. The van der Waals surface area contributed by atoms with E-state index in [4.69, 9.17) is 4.98 Å². The number of benzene rings is 1. The molecule has 27 heavy (non-hydrogen) atoms. The van der Waals surface area contributed by atoms with E-state index < -0.39 is 0 Å². The fourth-order valence-electron chi connectivity index (χ4n) is 3.56. The number of carbonyl (C=O) groups excluding carboxylic acids is 1. The lowest BCUT2D eigenvalue weighted by molar-refractivity contribution is 0.0982. The number of thioether (sulfide) groups is 1. The van der Waals surface area contributed by atoms with Crippen molar-refractivity contribution in [3.05, 3.63) is 56.7 Å². The first kappa shape index (κ1) is 18.4. The Morgan fingerprint density at radius 1 is 1.22 bits per heavy atom. The van der Waals surface area contributed by atoms with Gasteiger partial charge in [0, 0.05) is 29.7 Å². The molecule has 0 unspecified atom stereocenters. The monoisotopic (exact) mass is 398 g/mol. The van der Waals surface area contributed by atoms with Gasteiger partial charge in [0.2, 0.25) is 0 Å². The van der Waals surface area contributed by atoms with Gasteiger partial charge in [-0.15, -0.1) is 11.3 Å². The van der Waals surface area contributed by atoms with Gasteiger partial charge >= 0.3 is 0 Å². The van der Waals surface area contributed by atoms with Crippen LogP contribution in [0.1, 0.15) is 46.5 Å². The highest BCUT2D eigenvalue weighted by Gasteiger charge is 2.21. The van der Waals surface area contributed by atoms with E-state index >= 15 is 0 Å². The maximum absolute atomic E-state index is 12.9. The van der Waals surface area contributed by atoms with Crippen LogP contribution in [0.2, 0.25) is 0 Å². The van der Waals surface area contributed by atoms with Gasteiger partial charge in [-0.25, -0.2) is 4.98 Å². The smallest absolute Gasteiger partial charge is 0.262 e. The molecule has 1 aliphatic carbocycles. The van der Waals surface area contributed by atoms with E-state index in [1.807, 2.05) is 30.3 Å². The second-order valence-corrected chi connectivity index (χ2v) is 9.04. The number of aromatic nitrogens is 2. The van der Waals surface area contributed by atoms with Gasteiger partial charge in [-0.1, -0.05) is 42.1 Å². The second-order valence-electron chi connectivity index (χ2n) is 6.89. The van der Waals surface area contributed by atoms with Crippen LogP contribution in [-0.2, 0) is 19.9 Å². The maximum atomic E-state index is 12.9. The summed E-state index contributed by atoms with van der Waals surface area (Å²) in [6, 6.07) is 9.40. The number of thiophene rings is 1. The molecule has 0 aliphatic heterocycles. The first-order valence-electron chi connectivity index (χ1n) is 9.37. The van der Waals surface area contributed by atoms with E-state index in [9.17, 15) is 9.59 Å². The molecule has 3 aromatic rings. The summed E-state index contributed by atoms with van der Waals surface area (Å²) in [6.45, 7) is 0. The van der Waals surface area contributed by atoms with Crippen molar-refractivity contribution in [2.75, 3.05) is 5.75 Å². The van der Waals surface area contributed by atoms with E-state index in [0.717, 1.165) is 52.4 Å². The summed E-state index contributed by atoms with van der Waals surface area (Å²) in [5.74, 6) is 0.939. The fourth-order valence-corrected chi connectivity index (χ4v) is 5.77. The molecule has 0 radical (unpaired) electrons. The van der Waals surface area contributed by atoms with Gasteiger partial charge in [0.25, 0.3) is 5.56 Å². The predicted molar refractivity (Wildman–Crippen MR) is 112 cm³/mol. The lowest BCUT2D eigenvalue weighted by atomic mass is 9.97. The van der Waals surface area contributed by atoms with E-state index in [1.54, 1.807) is 34.7 Å². The molecular weight excluding hydrogens is 376 g/mol. The summed E-state index contributed by atoms with van der Waals surface area (Å²) in [4.78, 5) is 32.1. The van der Waals surface area contributed by atoms with Crippen molar-refractivity contribution in [1.82, 2.24) is 9.55 Å². The van der Waals surface area contributed by atoms with Gasteiger partial charge in [-0.05, 0) is 37.7 Å². The SMILES string of the molecule is Cn1c(SCCCC(=O)c2ccccc2)nc2sc3c(c2c1=O)CCCC3. The lowest BCUT2D eigenvalue weighted by Gasteiger charge is -2.10. The topological polar surface area (TPSA) is 52.0 Å². The minimum atomic E-state index is 0.0715. The number of carbonyl (C=O) groups is 1. The summed E-state index contributed by atoms with van der Waals surface area (Å²) < 4.78 is 1.67. The summed E-state index contributed by atoms with van der Waals surface area (Å²) in [5.41, 5.74) is 2.07. The first-order valence-corrected chi connectivity index (χ1v) is 11.2. The van der Waals surface area contributed by atoms with Gasteiger partial charge in [0.05, 0.1) is 5.39 Å². The highest BCUT2D eigenvalue weighted by Crippen LogP contribution is 2.34. The Morgan fingerprint density at radius 3 is 2.81 bits per heavy atom. The summed E-state index contributed by atoms with van der Waals surface area (Å²) in [5, 5.41) is 1.58. The molecule has 0 amide bonds. The number of ketones is 1. The summed E-state index contributed by atoms with van der Waals surface area (Å²) >= 11 is 3.25. The quantitative estimate of drug-likeness (QED) is 0.263. The molecular formula is C21H22N2O2S2. The molecule has 4 rings (SSSR count). The van der Waals surface area contributed by atoms with Crippen molar-refractivity contribution < 1.29 is 4.79 Å². The molecule has 1 aromatic carbocycles. The van der Waals surface area contributed by atoms with Crippen molar-refractivity contribution in [2.24, 2.45) is 7.05 Å². The highest BCUT2D eigenvalue weighted by molar-refractivity contribution is 7.99. The molecule has 0 atom stereocenters. The van der Waals surface area contributed by atoms with Crippen molar-refractivity contribution in [3.8, 4) is 0 Å². The summed E-state index contributed by atoms with van der Waals surface area (Å²) in [6.07, 6.45) is 5.72. The number of aryl methyl sites for hydroxylation is 2. The molecule has 4 nitrogen and oxygen atoms in total. The van der Waals surface area contributed by atoms with Crippen LogP contribution < -0.4 is 5.56 Å². The Hall–Kier alpha value is -1.92. The van der Waals surface area contributed by atoms with Crippen LogP contribution >= 0.6 is 23.1 Å². The number of hydrogen-bond acceptors (Lipinski definition) is 5. The van der Waals surface area contributed by atoms with Crippen molar-refractivity contribution in [2.45, 2.75) is 43.7 Å². The zero-order chi connectivity index (χ0) is 18.8. The lowest BCUT2D eigenvalue weighted by Crippen LogP contribution is -2.20. The number of Topliss-reactive ketones (excluding diaryl/α,β-unsaturated/α-hetero) is 1. The number of hydrogen-bond donors (Lipinski definition) is 0. The van der Waals surface area contributed by atoms with E-state index in [0.29, 0.717) is 6.42 Å². The molecule has 0 saturated heterocycles. The van der Waals surface area contributed by atoms with Gasteiger partial charge in [0.15, 0.2) is 10.9 Å². The van der Waals surface area contributed by atoms with Crippen LogP contribution in [0.3, 0.4) is 0 Å². The third-order valence-electron chi connectivity index (χ3n) is 5.03. The molecule has 2 heterocycles. The van der Waals surface area contributed by atoms with Crippen LogP contribution in [0.5, 0.6) is 0 Å². The molecule has 140 valence electrons. The number of fused-ring (bicyclic) bond motifs is 3. The Balaban J connectivity index is 1.46. The van der Waals surface area contributed by atoms with Crippen LogP contribution in [0, 0.1) is 0 Å². The molecule has 0 bridgehead atoms. The largest absolute Gasteiger partial charge is 0.294 e. The standard InChI is InChI=1S/C21H22N2O2S2/c1-23-20(25)18-15-10-5-6-12-17(15)27-19(18)22-21(23)26-13-7-11-16(24)14-8-3-2-4-9-14/h2-4,8-9H,5-7,10-13H2,1H3. The minimum absolute atomic E-state index is 0.0715. The van der Waals surface area contributed by atoms with Crippen molar-refractivity contribution in [3.63, 3.8) is 0 Å². The average Bonchev–Trinajstić information content (AvgIpc) is 3.07. The number of rotatable bonds is 6. The third kappa shape index (κ3) is 3.73. The first-order chi connectivity index (χ1) is 13.1. The fraction of sp³-hybridized carbons (Fsp3) is 0.381. The van der Waals surface area contributed by atoms with Crippen LogP contribution in [-0.4, -0.2) is 21.1 Å². The van der Waals surface area contributed by atoms with Crippen LogP contribution in [0.25, 0.3) is 10.2 Å². The van der Waals surface area contributed by atoms with E-state index in [2.05, 4.69) is 0 Å². The molecule has 0 spiro atoms. The zero-order valence-electron chi connectivity index (χ0n) is 15.4. The summed E-state index contributed by atoms with van der Waals surface area (Å²) in [7, 11) is 1.80. The third-order valence-corrected chi connectivity index (χ3v) is 7.33. The normalized spacial score (nSPS) is 13.7. The number of nitrogens with zero attached hydrogens (tertiary/aromatic N) is 2. The molecule has 0 N–H and O–H groups in total. The van der Waals surface area contributed by atoms with Crippen molar-refractivity contribution in [1.29, 1.82) is 0 Å². The Labute approximate surface area is 166 Å². The molecule has 0 saturated carbocycles. The van der Waals surface area contributed by atoms with Gasteiger partial charge in [0.1, 0.15) is 4.83 Å². The van der Waals surface area contributed by atoms with Crippen LogP contribution in [0.15, 0.2) is 40.3 Å². The molecule has 1 aliphatic rings. The van der Waals surface area contributed by atoms with Gasteiger partial charge < -0.3 is 0 Å². The Kier molecular flexibility index (Phi) is 5.45.